The summed E-state index contributed by atoms with van der Waals surface area (Å²) in [7, 11) is 0. The second-order valence-electron chi connectivity index (χ2n) is 7.01. The number of aromatic nitrogens is 2. The molecule has 3 aromatic rings. The van der Waals surface area contributed by atoms with Gasteiger partial charge in [-0.1, -0.05) is 42.5 Å². The fourth-order valence-electron chi connectivity index (χ4n) is 2.97. The minimum Gasteiger partial charge on any atom is -0.352 e. The van der Waals surface area contributed by atoms with E-state index >= 15 is 0 Å². The molecule has 2 aromatic carbocycles. The smallest absolute Gasteiger partial charge is 0.272 e. The Morgan fingerprint density at radius 3 is 2.31 bits per heavy atom. The minimum atomic E-state index is -0.870. The van der Waals surface area contributed by atoms with Crippen LogP contribution < -0.4 is 10.6 Å². The van der Waals surface area contributed by atoms with E-state index in [-0.39, 0.29) is 23.3 Å². The number of halogens is 1. The first-order chi connectivity index (χ1) is 13.9. The zero-order valence-corrected chi connectivity index (χ0v) is 16.5. The molecule has 6 nitrogen and oxygen atoms in total. The number of rotatable bonds is 6. The van der Waals surface area contributed by atoms with Gasteiger partial charge in [0, 0.05) is 11.7 Å². The summed E-state index contributed by atoms with van der Waals surface area (Å²) in [5.74, 6) is -1.27. The summed E-state index contributed by atoms with van der Waals surface area (Å²) in [5, 5.41) is 9.80. The Morgan fingerprint density at radius 2 is 1.66 bits per heavy atom. The monoisotopic (exact) mass is 394 g/mol. The van der Waals surface area contributed by atoms with E-state index in [2.05, 4.69) is 15.7 Å². The van der Waals surface area contributed by atoms with Crippen molar-refractivity contribution in [1.82, 2.24) is 20.4 Å². The highest BCUT2D eigenvalue weighted by Gasteiger charge is 2.25. The molecule has 1 aromatic heterocycles. The summed E-state index contributed by atoms with van der Waals surface area (Å²) in [5.41, 5.74) is 1.61. The van der Waals surface area contributed by atoms with Gasteiger partial charge in [-0.2, -0.15) is 5.10 Å². The van der Waals surface area contributed by atoms with E-state index in [0.29, 0.717) is 11.3 Å². The third kappa shape index (κ3) is 4.68. The zero-order valence-electron chi connectivity index (χ0n) is 16.5. The van der Waals surface area contributed by atoms with Crippen LogP contribution in [0.4, 0.5) is 4.39 Å². The lowest BCUT2D eigenvalue weighted by atomic mass is 10.1. The normalized spacial score (nSPS) is 11.9. The Kier molecular flexibility index (Phi) is 6.07. The molecule has 0 fully saturated rings. The van der Waals surface area contributed by atoms with Gasteiger partial charge >= 0.3 is 0 Å². The number of para-hydroxylation sites is 1. The number of carbonyl (C=O) groups is 2. The maximum atomic E-state index is 14.1. The Bertz CT molecular complexity index is 1010. The average molecular weight is 394 g/mol. The molecular formula is C22H23FN4O2. The molecule has 0 saturated carbocycles. The van der Waals surface area contributed by atoms with Crippen LogP contribution in [0.1, 0.15) is 41.6 Å². The van der Waals surface area contributed by atoms with E-state index in [1.807, 2.05) is 19.9 Å². The molecule has 3 rings (SSSR count). The van der Waals surface area contributed by atoms with Crippen LogP contribution in [0.25, 0.3) is 5.69 Å². The van der Waals surface area contributed by atoms with Gasteiger partial charge in [-0.3, -0.25) is 9.59 Å². The molecule has 2 amide bonds. The second kappa shape index (κ2) is 8.68. The van der Waals surface area contributed by atoms with Gasteiger partial charge in [0.05, 0.1) is 0 Å². The van der Waals surface area contributed by atoms with Crippen molar-refractivity contribution in [3.63, 3.8) is 0 Å². The first-order valence-corrected chi connectivity index (χ1v) is 9.34. The predicted octanol–water partition coefficient (Wildman–Crippen LogP) is 3.32. The number of carbonyl (C=O) groups excluding carboxylic acids is 2. The number of nitrogens with zero attached hydrogens (tertiary/aromatic N) is 2. The fourth-order valence-corrected chi connectivity index (χ4v) is 2.97. The molecule has 1 heterocycles. The lowest BCUT2D eigenvalue weighted by Gasteiger charge is -2.20. The summed E-state index contributed by atoms with van der Waals surface area (Å²) in [6.45, 7) is 5.43. The highest BCUT2D eigenvalue weighted by atomic mass is 19.1. The van der Waals surface area contributed by atoms with Crippen molar-refractivity contribution in [2.45, 2.75) is 32.9 Å². The van der Waals surface area contributed by atoms with E-state index < -0.39 is 17.8 Å². The Hall–Kier alpha value is -3.48. The fraction of sp³-hybridized carbons (Fsp3) is 0.227. The topological polar surface area (TPSA) is 76.0 Å². The van der Waals surface area contributed by atoms with E-state index in [9.17, 15) is 14.0 Å². The molecule has 0 saturated heterocycles. The van der Waals surface area contributed by atoms with Gasteiger partial charge in [0.1, 0.15) is 17.5 Å². The lowest BCUT2D eigenvalue weighted by molar-refractivity contribution is -0.123. The number of nitrogens with one attached hydrogen (secondary N) is 2. The molecule has 150 valence electrons. The predicted molar refractivity (Wildman–Crippen MR) is 108 cm³/mol. The van der Waals surface area contributed by atoms with E-state index in [4.69, 9.17) is 0 Å². The van der Waals surface area contributed by atoms with Gasteiger partial charge in [0.25, 0.3) is 5.91 Å². The van der Waals surface area contributed by atoms with Crippen molar-refractivity contribution in [2.75, 3.05) is 0 Å². The standard InChI is InChI=1S/C22H23FN4O2/c1-14(2)24-22(29)20(16-9-5-4-6-10-16)25-21(28)18-13-15(3)27(26-18)19-12-8-7-11-17(19)23/h4-14,20H,1-3H3,(H,24,29)(H,25,28). The molecular weight excluding hydrogens is 371 g/mol. The highest BCUT2D eigenvalue weighted by molar-refractivity contribution is 5.96. The summed E-state index contributed by atoms with van der Waals surface area (Å²) in [6.07, 6.45) is 0. The van der Waals surface area contributed by atoms with Gasteiger partial charge in [-0.15, -0.1) is 0 Å². The molecule has 29 heavy (non-hydrogen) atoms. The zero-order chi connectivity index (χ0) is 21.0. The molecule has 0 aliphatic rings. The van der Waals surface area contributed by atoms with Crippen molar-refractivity contribution in [3.8, 4) is 5.69 Å². The number of benzene rings is 2. The summed E-state index contributed by atoms with van der Waals surface area (Å²) >= 11 is 0. The summed E-state index contributed by atoms with van der Waals surface area (Å²) in [4.78, 5) is 25.5. The number of amides is 2. The molecule has 7 heteroatoms. The molecule has 0 aliphatic heterocycles. The largest absolute Gasteiger partial charge is 0.352 e. The van der Waals surface area contributed by atoms with Crippen LogP contribution in [0.2, 0.25) is 0 Å². The SMILES string of the molecule is Cc1cc(C(=O)NC(C(=O)NC(C)C)c2ccccc2)nn1-c1ccccc1F. The van der Waals surface area contributed by atoms with Crippen molar-refractivity contribution in [1.29, 1.82) is 0 Å². The van der Waals surface area contributed by atoms with Crippen LogP contribution in [0, 0.1) is 12.7 Å². The Labute approximate surface area is 168 Å². The van der Waals surface area contributed by atoms with Crippen molar-refractivity contribution >= 4 is 11.8 Å². The van der Waals surface area contributed by atoms with Crippen LogP contribution in [-0.2, 0) is 4.79 Å². The van der Waals surface area contributed by atoms with Crippen LogP contribution in [-0.4, -0.2) is 27.6 Å². The minimum absolute atomic E-state index is 0.0758. The van der Waals surface area contributed by atoms with E-state index in [0.717, 1.165) is 0 Å². The van der Waals surface area contributed by atoms with Crippen molar-refractivity contribution < 1.29 is 14.0 Å². The Balaban J connectivity index is 1.88. The molecule has 0 aliphatic carbocycles. The second-order valence-corrected chi connectivity index (χ2v) is 7.01. The van der Waals surface area contributed by atoms with Crippen molar-refractivity contribution in [3.05, 3.63) is 83.4 Å². The maximum absolute atomic E-state index is 14.1. The third-order valence-electron chi connectivity index (χ3n) is 4.30. The number of hydrogen-bond acceptors (Lipinski definition) is 3. The van der Waals surface area contributed by atoms with Crippen molar-refractivity contribution in [2.24, 2.45) is 0 Å². The van der Waals surface area contributed by atoms with E-state index in [1.165, 1.54) is 10.7 Å². The first kappa shape index (κ1) is 20.3. The van der Waals surface area contributed by atoms with Gasteiger partial charge in [0.2, 0.25) is 5.91 Å². The maximum Gasteiger partial charge on any atom is 0.272 e. The molecule has 0 spiro atoms. The molecule has 1 unspecified atom stereocenters. The summed E-state index contributed by atoms with van der Waals surface area (Å²) < 4.78 is 15.5. The summed E-state index contributed by atoms with van der Waals surface area (Å²) in [6, 6.07) is 15.8. The lowest BCUT2D eigenvalue weighted by Crippen LogP contribution is -2.42. The third-order valence-corrected chi connectivity index (χ3v) is 4.30. The number of aryl methyl sites for hydroxylation is 1. The molecule has 0 bridgehead atoms. The van der Waals surface area contributed by atoms with Crippen LogP contribution in [0.15, 0.2) is 60.7 Å². The first-order valence-electron chi connectivity index (χ1n) is 9.34. The van der Waals surface area contributed by atoms with Gasteiger partial charge in [-0.25, -0.2) is 9.07 Å². The van der Waals surface area contributed by atoms with Crippen LogP contribution in [0.5, 0.6) is 0 Å². The van der Waals surface area contributed by atoms with Gasteiger partial charge in [0.15, 0.2) is 5.69 Å². The van der Waals surface area contributed by atoms with Gasteiger partial charge in [-0.05, 0) is 44.5 Å². The quantitative estimate of drug-likeness (QED) is 0.673. The molecule has 0 radical (unpaired) electrons. The van der Waals surface area contributed by atoms with Gasteiger partial charge < -0.3 is 10.6 Å². The highest BCUT2D eigenvalue weighted by Crippen LogP contribution is 2.17. The average Bonchev–Trinajstić information content (AvgIpc) is 3.08. The Morgan fingerprint density at radius 1 is 1.00 bits per heavy atom. The van der Waals surface area contributed by atoms with Crippen LogP contribution in [0.3, 0.4) is 0 Å². The molecule has 2 N–H and O–H groups in total. The van der Waals surface area contributed by atoms with Crippen LogP contribution >= 0.6 is 0 Å². The van der Waals surface area contributed by atoms with E-state index in [1.54, 1.807) is 55.5 Å². The molecule has 1 atom stereocenters. The number of hydrogen-bond donors (Lipinski definition) is 2.